The molecule has 70 valence electrons. The molecule has 0 saturated carbocycles. The molecule has 0 bridgehead atoms. The zero-order valence-electron chi connectivity index (χ0n) is 8.55. The van der Waals surface area contributed by atoms with Gasteiger partial charge in [0.15, 0.2) is 0 Å². The van der Waals surface area contributed by atoms with Crippen molar-refractivity contribution in [2.75, 3.05) is 0 Å². The fourth-order valence-electron chi connectivity index (χ4n) is 1.38. The molecule has 1 heterocycles. The summed E-state index contributed by atoms with van der Waals surface area (Å²) in [5, 5.41) is 0. The lowest BCUT2D eigenvalue weighted by molar-refractivity contribution is 0.675. The smallest absolute Gasteiger partial charge is 0.0771 e. The average Bonchev–Trinajstić information content (AvgIpc) is 2.54. The predicted molar refractivity (Wildman–Crippen MR) is 60.2 cm³/mol. The summed E-state index contributed by atoms with van der Waals surface area (Å²) in [4.78, 5) is 2.67. The van der Waals surface area contributed by atoms with Crippen LogP contribution in [0.3, 0.4) is 0 Å². The van der Waals surface area contributed by atoms with Crippen molar-refractivity contribution >= 4 is 11.3 Å². The van der Waals surface area contributed by atoms with E-state index in [9.17, 15) is 0 Å². The molecule has 1 aromatic heterocycles. The first-order valence-electron chi connectivity index (χ1n) is 4.80. The highest BCUT2D eigenvalue weighted by Gasteiger charge is 2.06. The van der Waals surface area contributed by atoms with Crippen LogP contribution in [0.4, 0.5) is 0 Å². The Labute approximate surface area is 85.0 Å². The zero-order chi connectivity index (χ0) is 9.68. The van der Waals surface area contributed by atoms with Crippen LogP contribution in [-0.4, -0.2) is 0 Å². The van der Waals surface area contributed by atoms with Crippen molar-refractivity contribution in [2.24, 2.45) is 0 Å². The minimum absolute atomic E-state index is 0.697. The molecule has 0 aliphatic rings. The number of hydrogen-bond donors (Lipinski definition) is 0. The molecule has 0 spiro atoms. The molecule has 0 N–H and O–H groups in total. The van der Waals surface area contributed by atoms with Crippen LogP contribution in [0, 0.1) is 11.8 Å². The molecule has 0 saturated heterocycles. The summed E-state index contributed by atoms with van der Waals surface area (Å²) in [5.74, 6) is 6.72. The van der Waals surface area contributed by atoms with E-state index in [1.165, 1.54) is 22.6 Å². The third-order valence-corrected chi connectivity index (χ3v) is 3.31. The van der Waals surface area contributed by atoms with Crippen molar-refractivity contribution in [2.45, 2.75) is 39.5 Å². The SMILES string of the molecule is CC#Cc1ccc(C(C)CCC)s1. The Morgan fingerprint density at radius 2 is 2.23 bits per heavy atom. The first-order chi connectivity index (χ1) is 6.27. The van der Waals surface area contributed by atoms with Crippen molar-refractivity contribution in [3.63, 3.8) is 0 Å². The zero-order valence-corrected chi connectivity index (χ0v) is 9.37. The van der Waals surface area contributed by atoms with Gasteiger partial charge in [0.25, 0.3) is 0 Å². The van der Waals surface area contributed by atoms with Crippen LogP contribution in [-0.2, 0) is 0 Å². The lowest BCUT2D eigenvalue weighted by Crippen LogP contribution is -1.87. The van der Waals surface area contributed by atoms with Gasteiger partial charge in [-0.05, 0) is 31.4 Å². The van der Waals surface area contributed by atoms with E-state index in [1.54, 1.807) is 0 Å². The fourth-order valence-corrected chi connectivity index (χ4v) is 2.38. The Kier molecular flexibility index (Phi) is 4.05. The Bertz CT molecular complexity index is 311. The monoisotopic (exact) mass is 192 g/mol. The summed E-state index contributed by atoms with van der Waals surface area (Å²) in [6, 6.07) is 4.34. The van der Waals surface area contributed by atoms with E-state index in [1.807, 2.05) is 18.3 Å². The van der Waals surface area contributed by atoms with Crippen molar-refractivity contribution in [1.29, 1.82) is 0 Å². The normalized spacial score (nSPS) is 11.9. The second kappa shape index (κ2) is 5.09. The van der Waals surface area contributed by atoms with Gasteiger partial charge >= 0.3 is 0 Å². The van der Waals surface area contributed by atoms with Crippen LogP contribution in [0.25, 0.3) is 0 Å². The largest absolute Gasteiger partial charge is 0.131 e. The highest BCUT2D eigenvalue weighted by atomic mass is 32.1. The minimum Gasteiger partial charge on any atom is -0.131 e. The van der Waals surface area contributed by atoms with E-state index in [4.69, 9.17) is 0 Å². The van der Waals surface area contributed by atoms with Gasteiger partial charge in [-0.15, -0.1) is 17.3 Å². The summed E-state index contributed by atoms with van der Waals surface area (Å²) in [7, 11) is 0. The van der Waals surface area contributed by atoms with Crippen molar-refractivity contribution in [1.82, 2.24) is 0 Å². The van der Waals surface area contributed by atoms with Crippen molar-refractivity contribution < 1.29 is 0 Å². The van der Waals surface area contributed by atoms with Crippen LogP contribution < -0.4 is 0 Å². The summed E-state index contributed by atoms with van der Waals surface area (Å²) in [6.45, 7) is 6.41. The minimum atomic E-state index is 0.697. The van der Waals surface area contributed by atoms with Gasteiger partial charge in [-0.1, -0.05) is 26.2 Å². The summed E-state index contributed by atoms with van der Waals surface area (Å²) >= 11 is 1.83. The molecular weight excluding hydrogens is 176 g/mol. The molecule has 1 atom stereocenters. The first kappa shape index (κ1) is 10.3. The van der Waals surface area contributed by atoms with Gasteiger partial charge < -0.3 is 0 Å². The van der Waals surface area contributed by atoms with Gasteiger partial charge in [-0.2, -0.15) is 0 Å². The number of rotatable bonds is 3. The first-order valence-corrected chi connectivity index (χ1v) is 5.62. The standard InChI is InChI=1S/C12H16S/c1-4-6-10(3)12-9-8-11(13-12)7-5-2/h8-10H,4,6H2,1-3H3. The van der Waals surface area contributed by atoms with E-state index in [2.05, 4.69) is 37.8 Å². The second-order valence-corrected chi connectivity index (χ2v) is 4.38. The summed E-state index contributed by atoms with van der Waals surface area (Å²) in [6.07, 6.45) is 2.54. The van der Waals surface area contributed by atoms with Crippen LogP contribution in [0.1, 0.15) is 49.3 Å². The van der Waals surface area contributed by atoms with Gasteiger partial charge in [0.1, 0.15) is 0 Å². The van der Waals surface area contributed by atoms with E-state index < -0.39 is 0 Å². The molecule has 1 heteroatoms. The summed E-state index contributed by atoms with van der Waals surface area (Å²) < 4.78 is 0. The van der Waals surface area contributed by atoms with Crippen LogP contribution in [0.5, 0.6) is 0 Å². The molecule has 13 heavy (non-hydrogen) atoms. The lowest BCUT2D eigenvalue weighted by atomic mass is 10.1. The maximum absolute atomic E-state index is 3.09. The number of hydrogen-bond acceptors (Lipinski definition) is 1. The van der Waals surface area contributed by atoms with E-state index in [0.717, 1.165) is 0 Å². The molecule has 0 aliphatic heterocycles. The quantitative estimate of drug-likeness (QED) is 0.634. The lowest BCUT2D eigenvalue weighted by Gasteiger charge is -2.05. The fraction of sp³-hybridized carbons (Fsp3) is 0.500. The molecule has 1 unspecified atom stereocenters. The van der Waals surface area contributed by atoms with E-state index in [-0.39, 0.29) is 0 Å². The average molecular weight is 192 g/mol. The highest BCUT2D eigenvalue weighted by Crippen LogP contribution is 2.27. The van der Waals surface area contributed by atoms with Gasteiger partial charge in [-0.25, -0.2) is 0 Å². The molecule has 0 radical (unpaired) electrons. The number of thiophene rings is 1. The van der Waals surface area contributed by atoms with E-state index in [0.29, 0.717) is 5.92 Å². The molecular formula is C12H16S. The van der Waals surface area contributed by atoms with E-state index >= 15 is 0 Å². The molecule has 1 rings (SSSR count). The maximum atomic E-state index is 3.09. The predicted octanol–water partition coefficient (Wildman–Crippen LogP) is 4.02. The molecule has 1 aromatic rings. The highest BCUT2D eigenvalue weighted by molar-refractivity contribution is 7.12. The second-order valence-electron chi connectivity index (χ2n) is 3.27. The van der Waals surface area contributed by atoms with Gasteiger partial charge in [0.2, 0.25) is 0 Å². The molecule has 0 aromatic carbocycles. The van der Waals surface area contributed by atoms with Crippen molar-refractivity contribution in [3.05, 3.63) is 21.9 Å². The third-order valence-electron chi connectivity index (χ3n) is 2.08. The molecule has 0 amide bonds. The van der Waals surface area contributed by atoms with Crippen LogP contribution in [0.15, 0.2) is 12.1 Å². The van der Waals surface area contributed by atoms with Gasteiger partial charge in [0, 0.05) is 4.88 Å². The Hall–Kier alpha value is -0.740. The Balaban J connectivity index is 2.71. The maximum Gasteiger partial charge on any atom is 0.0771 e. The topological polar surface area (TPSA) is 0 Å². The van der Waals surface area contributed by atoms with Crippen LogP contribution in [0.2, 0.25) is 0 Å². The summed E-state index contributed by atoms with van der Waals surface area (Å²) in [5.41, 5.74) is 0. The Morgan fingerprint density at radius 1 is 1.46 bits per heavy atom. The molecule has 0 nitrogen and oxygen atoms in total. The molecule has 0 aliphatic carbocycles. The van der Waals surface area contributed by atoms with Crippen molar-refractivity contribution in [3.8, 4) is 11.8 Å². The third kappa shape index (κ3) is 2.90. The molecule has 0 fully saturated rings. The van der Waals surface area contributed by atoms with Gasteiger partial charge in [-0.3, -0.25) is 0 Å². The Morgan fingerprint density at radius 3 is 2.85 bits per heavy atom. The van der Waals surface area contributed by atoms with Gasteiger partial charge in [0.05, 0.1) is 4.88 Å². The van der Waals surface area contributed by atoms with Crippen LogP contribution >= 0.6 is 11.3 Å².